The minimum Gasteiger partial charge on any atom is -0.409 e. The maximum absolute atomic E-state index is 11.8. The molecule has 1 fully saturated rings. The van der Waals surface area contributed by atoms with Gasteiger partial charge < -0.3 is 20.8 Å². The van der Waals surface area contributed by atoms with Crippen LogP contribution in [0.15, 0.2) is 15.7 Å². The molecule has 7 nitrogen and oxygen atoms in total. The third-order valence-corrected chi connectivity index (χ3v) is 2.67. The van der Waals surface area contributed by atoms with Gasteiger partial charge in [0, 0.05) is 6.07 Å². The Balaban J connectivity index is 2.05. The minimum atomic E-state index is -0.446. The van der Waals surface area contributed by atoms with Crippen LogP contribution in [0.4, 0.5) is 0 Å². The molecule has 1 aromatic rings. The Morgan fingerprint density at radius 3 is 2.94 bits per heavy atom. The van der Waals surface area contributed by atoms with E-state index in [1.54, 1.807) is 6.92 Å². The molecule has 2 rings (SSSR count). The number of carbonyl (C=O) groups is 1. The van der Waals surface area contributed by atoms with Gasteiger partial charge in [-0.15, -0.1) is 0 Å². The summed E-state index contributed by atoms with van der Waals surface area (Å²) in [6.45, 7) is 1.72. The summed E-state index contributed by atoms with van der Waals surface area (Å²) in [6.07, 6.45) is 1.91. The molecule has 0 bridgehead atoms. The fourth-order valence-electron chi connectivity index (χ4n) is 1.61. The molecule has 7 heteroatoms. The molecule has 17 heavy (non-hydrogen) atoms. The first-order valence-corrected chi connectivity index (χ1v) is 5.33. The second-order valence-electron chi connectivity index (χ2n) is 4.15. The quantitative estimate of drug-likeness (QED) is 0.301. The largest absolute Gasteiger partial charge is 0.409 e. The summed E-state index contributed by atoms with van der Waals surface area (Å²) in [5.74, 6) is -0.0380. The summed E-state index contributed by atoms with van der Waals surface area (Å²) in [6, 6.07) is 1.09. The second-order valence-corrected chi connectivity index (χ2v) is 4.15. The minimum absolute atomic E-state index is 0.0112. The second kappa shape index (κ2) is 4.44. The van der Waals surface area contributed by atoms with Gasteiger partial charge in [-0.05, 0) is 25.7 Å². The van der Waals surface area contributed by atoms with Gasteiger partial charge in [-0.25, -0.2) is 0 Å². The van der Waals surface area contributed by atoms with Crippen molar-refractivity contribution < 1.29 is 14.5 Å². The number of nitrogens with two attached hydrogens (primary N) is 1. The van der Waals surface area contributed by atoms with Gasteiger partial charge in [0.2, 0.25) is 5.76 Å². The molecular weight excluding hydrogens is 224 g/mol. The fourth-order valence-corrected chi connectivity index (χ4v) is 1.61. The number of aryl methyl sites for hydroxylation is 1. The number of hydrogen-bond donors (Lipinski definition) is 3. The molecule has 1 atom stereocenters. The Hall–Kier alpha value is -2.05. The van der Waals surface area contributed by atoms with Crippen molar-refractivity contribution in [1.29, 1.82) is 0 Å². The van der Waals surface area contributed by atoms with Gasteiger partial charge in [0.1, 0.15) is 0 Å². The van der Waals surface area contributed by atoms with Crippen LogP contribution in [0, 0.1) is 12.8 Å². The molecule has 1 aliphatic carbocycles. The molecule has 0 radical (unpaired) electrons. The average molecular weight is 238 g/mol. The zero-order chi connectivity index (χ0) is 12.4. The third kappa shape index (κ3) is 2.55. The monoisotopic (exact) mass is 238 g/mol. The van der Waals surface area contributed by atoms with E-state index in [0.717, 1.165) is 12.8 Å². The van der Waals surface area contributed by atoms with E-state index < -0.39 is 11.9 Å². The van der Waals surface area contributed by atoms with Gasteiger partial charge in [0.15, 0.2) is 5.84 Å². The lowest BCUT2D eigenvalue weighted by Crippen LogP contribution is -2.46. The van der Waals surface area contributed by atoms with Crippen LogP contribution in [0.2, 0.25) is 0 Å². The molecule has 1 unspecified atom stereocenters. The van der Waals surface area contributed by atoms with Crippen LogP contribution in [-0.2, 0) is 0 Å². The van der Waals surface area contributed by atoms with Crippen molar-refractivity contribution in [1.82, 2.24) is 10.5 Å². The first kappa shape index (κ1) is 11.4. The van der Waals surface area contributed by atoms with E-state index in [9.17, 15) is 4.79 Å². The van der Waals surface area contributed by atoms with Crippen LogP contribution in [0.1, 0.15) is 29.1 Å². The number of aromatic nitrogens is 1. The first-order chi connectivity index (χ1) is 8.11. The van der Waals surface area contributed by atoms with Crippen molar-refractivity contribution in [3.8, 4) is 0 Å². The van der Waals surface area contributed by atoms with E-state index >= 15 is 0 Å². The van der Waals surface area contributed by atoms with Crippen LogP contribution in [0.5, 0.6) is 0 Å². The van der Waals surface area contributed by atoms with Crippen LogP contribution in [-0.4, -0.2) is 28.1 Å². The summed E-state index contributed by atoms with van der Waals surface area (Å²) < 4.78 is 4.84. The normalized spacial score (nSPS) is 17.8. The number of amides is 1. The highest BCUT2D eigenvalue weighted by molar-refractivity contribution is 5.96. The summed E-state index contributed by atoms with van der Waals surface area (Å²) in [5.41, 5.74) is 6.16. The lowest BCUT2D eigenvalue weighted by Gasteiger charge is -2.15. The third-order valence-electron chi connectivity index (χ3n) is 2.67. The number of hydrogen-bond acceptors (Lipinski definition) is 5. The Morgan fingerprint density at radius 1 is 1.76 bits per heavy atom. The predicted molar refractivity (Wildman–Crippen MR) is 58.6 cm³/mol. The van der Waals surface area contributed by atoms with Crippen molar-refractivity contribution in [2.75, 3.05) is 0 Å². The highest BCUT2D eigenvalue weighted by atomic mass is 16.5. The molecule has 0 aromatic carbocycles. The molecular formula is C10H14N4O3. The first-order valence-electron chi connectivity index (χ1n) is 5.33. The SMILES string of the molecule is Cc1cc(C(=O)NC(C(N)=NO)C2CC2)on1. The molecule has 0 aliphatic heterocycles. The van der Waals surface area contributed by atoms with Crippen molar-refractivity contribution in [2.24, 2.45) is 16.8 Å². The number of oxime groups is 1. The number of nitrogens with zero attached hydrogens (tertiary/aromatic N) is 2. The predicted octanol–water partition coefficient (Wildman–Crippen LogP) is 0.238. The molecule has 1 saturated carbocycles. The molecule has 0 saturated heterocycles. The van der Waals surface area contributed by atoms with Crippen molar-refractivity contribution >= 4 is 11.7 Å². The molecule has 0 spiro atoms. The Kier molecular flexibility index (Phi) is 2.99. The summed E-state index contributed by atoms with van der Waals surface area (Å²) in [5, 5.41) is 17.9. The lowest BCUT2D eigenvalue weighted by atomic mass is 10.1. The Labute approximate surface area is 97.6 Å². The van der Waals surface area contributed by atoms with E-state index in [4.69, 9.17) is 15.5 Å². The fraction of sp³-hybridized carbons (Fsp3) is 0.500. The van der Waals surface area contributed by atoms with E-state index in [1.165, 1.54) is 6.07 Å². The molecule has 1 amide bonds. The van der Waals surface area contributed by atoms with Crippen molar-refractivity contribution in [2.45, 2.75) is 25.8 Å². The molecule has 4 N–H and O–H groups in total. The van der Waals surface area contributed by atoms with Crippen LogP contribution < -0.4 is 11.1 Å². The summed E-state index contributed by atoms with van der Waals surface area (Å²) in [7, 11) is 0. The van der Waals surface area contributed by atoms with Gasteiger partial charge >= 0.3 is 0 Å². The van der Waals surface area contributed by atoms with Gasteiger partial charge in [-0.1, -0.05) is 10.3 Å². The van der Waals surface area contributed by atoms with Gasteiger partial charge in [-0.2, -0.15) is 0 Å². The van der Waals surface area contributed by atoms with E-state index in [1.807, 2.05) is 0 Å². The zero-order valence-corrected chi connectivity index (χ0v) is 9.38. The van der Waals surface area contributed by atoms with Crippen LogP contribution in [0.25, 0.3) is 0 Å². The smallest absolute Gasteiger partial charge is 0.290 e. The van der Waals surface area contributed by atoms with Gasteiger partial charge in [0.25, 0.3) is 5.91 Å². The topological polar surface area (TPSA) is 114 Å². The number of amidine groups is 1. The highest BCUT2D eigenvalue weighted by Crippen LogP contribution is 2.32. The average Bonchev–Trinajstić information content (AvgIpc) is 3.06. The van der Waals surface area contributed by atoms with E-state index in [-0.39, 0.29) is 17.5 Å². The number of carbonyl (C=O) groups excluding carboxylic acids is 1. The molecule has 1 aromatic heterocycles. The molecule has 92 valence electrons. The Morgan fingerprint density at radius 2 is 2.47 bits per heavy atom. The highest BCUT2D eigenvalue weighted by Gasteiger charge is 2.35. The maximum Gasteiger partial charge on any atom is 0.290 e. The van der Waals surface area contributed by atoms with E-state index in [0.29, 0.717) is 5.69 Å². The van der Waals surface area contributed by atoms with Crippen molar-refractivity contribution in [3.63, 3.8) is 0 Å². The number of rotatable bonds is 4. The van der Waals surface area contributed by atoms with Crippen molar-refractivity contribution in [3.05, 3.63) is 17.5 Å². The number of nitrogens with one attached hydrogen (secondary N) is 1. The standard InChI is InChI=1S/C10H14N4O3/c1-5-4-7(17-14-5)10(15)12-8(6-2-3-6)9(11)13-16/h4,6,8,16H,2-3H2,1H3,(H2,11,13)(H,12,15). The summed E-state index contributed by atoms with van der Waals surface area (Å²) >= 11 is 0. The van der Waals surface area contributed by atoms with E-state index in [2.05, 4.69) is 15.6 Å². The van der Waals surface area contributed by atoms with Gasteiger partial charge in [-0.3, -0.25) is 4.79 Å². The summed E-state index contributed by atoms with van der Waals surface area (Å²) in [4.78, 5) is 11.8. The molecule has 1 aliphatic rings. The Bertz CT molecular complexity index is 450. The maximum atomic E-state index is 11.8. The zero-order valence-electron chi connectivity index (χ0n) is 9.38. The van der Waals surface area contributed by atoms with Gasteiger partial charge in [0.05, 0.1) is 11.7 Å². The van der Waals surface area contributed by atoms with Crippen LogP contribution in [0.3, 0.4) is 0 Å². The molecule has 1 heterocycles. The lowest BCUT2D eigenvalue weighted by molar-refractivity contribution is 0.0905. The van der Waals surface area contributed by atoms with Crippen LogP contribution >= 0.6 is 0 Å².